The van der Waals surface area contributed by atoms with Gasteiger partial charge in [-0.1, -0.05) is 12.1 Å². The van der Waals surface area contributed by atoms with Crippen LogP contribution in [-0.2, 0) is 0 Å². The van der Waals surface area contributed by atoms with Crippen LogP contribution in [0.2, 0.25) is 0 Å². The zero-order chi connectivity index (χ0) is 15.5. The summed E-state index contributed by atoms with van der Waals surface area (Å²) in [7, 11) is 0. The van der Waals surface area contributed by atoms with Crippen molar-refractivity contribution in [1.29, 1.82) is 0 Å². The van der Waals surface area contributed by atoms with E-state index in [4.69, 9.17) is 0 Å². The summed E-state index contributed by atoms with van der Waals surface area (Å²) in [6.45, 7) is 4.50. The van der Waals surface area contributed by atoms with E-state index in [1.54, 1.807) is 19.1 Å². The first-order chi connectivity index (χ1) is 9.87. The second-order valence-electron chi connectivity index (χ2n) is 5.46. The smallest absolute Gasteiger partial charge is 0.314 e. The number of aryl methyl sites for hydroxylation is 1. The molecular formula is C15H20F4N2. The third-order valence-corrected chi connectivity index (χ3v) is 3.87. The highest BCUT2D eigenvalue weighted by atomic mass is 19.4. The fraction of sp³-hybridized carbons (Fsp3) is 0.600. The Kier molecular flexibility index (Phi) is 5.22. The van der Waals surface area contributed by atoms with Gasteiger partial charge in [0.25, 0.3) is 0 Å². The van der Waals surface area contributed by atoms with E-state index in [0.717, 1.165) is 13.1 Å². The van der Waals surface area contributed by atoms with Crippen molar-refractivity contribution >= 4 is 0 Å². The van der Waals surface area contributed by atoms with Gasteiger partial charge in [-0.2, -0.15) is 13.2 Å². The van der Waals surface area contributed by atoms with Gasteiger partial charge in [0.2, 0.25) is 0 Å². The number of piperazine rings is 1. The fourth-order valence-corrected chi connectivity index (χ4v) is 2.67. The van der Waals surface area contributed by atoms with Crippen LogP contribution in [0, 0.1) is 12.7 Å². The second-order valence-corrected chi connectivity index (χ2v) is 5.46. The summed E-state index contributed by atoms with van der Waals surface area (Å²) >= 11 is 0. The van der Waals surface area contributed by atoms with Crippen LogP contribution in [0.4, 0.5) is 17.6 Å². The van der Waals surface area contributed by atoms with Crippen molar-refractivity contribution in [2.24, 2.45) is 0 Å². The summed E-state index contributed by atoms with van der Waals surface area (Å²) in [5, 5.41) is 3.18. The van der Waals surface area contributed by atoms with Crippen LogP contribution in [0.25, 0.3) is 0 Å². The SMILES string of the molecule is Cc1ccc([C@H](CCC(F)(F)F)N2CCNCC2)cc1F. The van der Waals surface area contributed by atoms with Crippen LogP contribution in [0.5, 0.6) is 0 Å². The van der Waals surface area contributed by atoms with Crippen molar-refractivity contribution in [3.63, 3.8) is 0 Å². The van der Waals surface area contributed by atoms with E-state index < -0.39 is 12.6 Å². The largest absolute Gasteiger partial charge is 0.389 e. The first kappa shape index (κ1) is 16.2. The lowest BCUT2D eigenvalue weighted by Gasteiger charge is -2.35. The Bertz CT molecular complexity index is 467. The van der Waals surface area contributed by atoms with Crippen LogP contribution in [0.1, 0.15) is 30.0 Å². The highest BCUT2D eigenvalue weighted by Gasteiger charge is 2.31. The molecule has 0 saturated carbocycles. The molecule has 1 fully saturated rings. The van der Waals surface area contributed by atoms with Crippen molar-refractivity contribution in [1.82, 2.24) is 10.2 Å². The Morgan fingerprint density at radius 3 is 2.48 bits per heavy atom. The van der Waals surface area contributed by atoms with Gasteiger partial charge < -0.3 is 5.32 Å². The molecule has 0 aliphatic carbocycles. The monoisotopic (exact) mass is 304 g/mol. The molecule has 2 rings (SSSR count). The lowest BCUT2D eigenvalue weighted by Crippen LogP contribution is -2.45. The minimum absolute atomic E-state index is 0.0357. The van der Waals surface area contributed by atoms with Gasteiger partial charge in [-0.05, 0) is 30.5 Å². The molecule has 1 N–H and O–H groups in total. The van der Waals surface area contributed by atoms with Crippen molar-refractivity contribution in [3.05, 3.63) is 35.1 Å². The van der Waals surface area contributed by atoms with Gasteiger partial charge in [0.05, 0.1) is 0 Å². The maximum Gasteiger partial charge on any atom is 0.389 e. The van der Waals surface area contributed by atoms with Crippen LogP contribution < -0.4 is 5.32 Å². The summed E-state index contributed by atoms with van der Waals surface area (Å²) in [6.07, 6.45) is -5.07. The molecule has 1 heterocycles. The van der Waals surface area contributed by atoms with Gasteiger partial charge >= 0.3 is 6.18 Å². The van der Waals surface area contributed by atoms with E-state index in [1.165, 1.54) is 6.07 Å². The molecule has 1 aromatic rings. The molecule has 1 atom stereocenters. The molecule has 6 heteroatoms. The third-order valence-electron chi connectivity index (χ3n) is 3.87. The van der Waals surface area contributed by atoms with Crippen LogP contribution in [-0.4, -0.2) is 37.3 Å². The third kappa shape index (κ3) is 4.68. The number of rotatable bonds is 4. The lowest BCUT2D eigenvalue weighted by atomic mass is 9.98. The van der Waals surface area contributed by atoms with Gasteiger partial charge in [-0.15, -0.1) is 0 Å². The van der Waals surface area contributed by atoms with Crippen molar-refractivity contribution in [2.75, 3.05) is 26.2 Å². The molecule has 2 nitrogen and oxygen atoms in total. The van der Waals surface area contributed by atoms with E-state index in [9.17, 15) is 17.6 Å². The van der Waals surface area contributed by atoms with Crippen molar-refractivity contribution < 1.29 is 17.6 Å². The molecule has 0 unspecified atom stereocenters. The highest BCUT2D eigenvalue weighted by molar-refractivity contribution is 5.26. The molecule has 0 spiro atoms. The Morgan fingerprint density at radius 1 is 1.24 bits per heavy atom. The van der Waals surface area contributed by atoms with Crippen LogP contribution in [0.3, 0.4) is 0 Å². The van der Waals surface area contributed by atoms with Gasteiger partial charge in [0.15, 0.2) is 0 Å². The molecule has 1 aliphatic heterocycles. The van der Waals surface area contributed by atoms with Crippen LogP contribution in [0.15, 0.2) is 18.2 Å². The minimum Gasteiger partial charge on any atom is -0.314 e. The molecule has 0 bridgehead atoms. The molecule has 118 valence electrons. The Morgan fingerprint density at radius 2 is 1.90 bits per heavy atom. The van der Waals surface area contributed by atoms with Crippen molar-refractivity contribution in [2.45, 2.75) is 32.0 Å². The summed E-state index contributed by atoms with van der Waals surface area (Å²) in [5.74, 6) is -0.361. The predicted octanol–water partition coefficient (Wildman–Crippen LogP) is 3.42. The van der Waals surface area contributed by atoms with Gasteiger partial charge in [-0.3, -0.25) is 4.90 Å². The Labute approximate surface area is 122 Å². The number of hydrogen-bond donors (Lipinski definition) is 1. The summed E-state index contributed by atoms with van der Waals surface area (Å²) in [4.78, 5) is 2.01. The topological polar surface area (TPSA) is 15.3 Å². The number of nitrogens with one attached hydrogen (secondary N) is 1. The molecule has 1 aliphatic rings. The number of alkyl halides is 3. The van der Waals surface area contributed by atoms with Gasteiger partial charge in [0.1, 0.15) is 5.82 Å². The standard InChI is InChI=1S/C15H20F4N2/c1-11-2-3-12(10-13(11)16)14(4-5-15(17,18)19)21-8-6-20-7-9-21/h2-3,10,14,20H,4-9H2,1H3/t14-/m0/s1. The minimum atomic E-state index is -4.18. The van der Waals surface area contributed by atoms with Gasteiger partial charge in [-0.25, -0.2) is 4.39 Å². The zero-order valence-corrected chi connectivity index (χ0v) is 12.0. The van der Waals surface area contributed by atoms with E-state index in [2.05, 4.69) is 5.32 Å². The summed E-state index contributed by atoms with van der Waals surface area (Å²) in [5.41, 5.74) is 1.14. The van der Waals surface area contributed by atoms with Crippen molar-refractivity contribution in [3.8, 4) is 0 Å². The average molecular weight is 304 g/mol. The molecule has 0 aromatic heterocycles. The van der Waals surface area contributed by atoms with Gasteiger partial charge in [0, 0.05) is 38.6 Å². The lowest BCUT2D eigenvalue weighted by molar-refractivity contribution is -0.138. The Hall–Kier alpha value is -1.14. The van der Waals surface area contributed by atoms with E-state index in [0.29, 0.717) is 24.2 Å². The highest BCUT2D eigenvalue weighted by Crippen LogP contribution is 2.32. The summed E-state index contributed by atoms with van der Waals surface area (Å²) in [6, 6.07) is 4.36. The number of halogens is 4. The molecule has 1 aromatic carbocycles. The maximum absolute atomic E-state index is 13.7. The molecule has 0 amide bonds. The summed E-state index contributed by atoms with van der Waals surface area (Å²) < 4.78 is 51.3. The Balaban J connectivity index is 2.18. The number of hydrogen-bond acceptors (Lipinski definition) is 2. The average Bonchev–Trinajstić information content (AvgIpc) is 2.43. The molecular weight excluding hydrogens is 284 g/mol. The quantitative estimate of drug-likeness (QED) is 0.858. The van der Waals surface area contributed by atoms with E-state index >= 15 is 0 Å². The second kappa shape index (κ2) is 6.75. The number of nitrogens with zero attached hydrogens (tertiary/aromatic N) is 1. The van der Waals surface area contributed by atoms with E-state index in [1.807, 2.05) is 4.90 Å². The van der Waals surface area contributed by atoms with Crippen LogP contribution >= 0.6 is 0 Å². The number of benzene rings is 1. The molecule has 1 saturated heterocycles. The molecule has 21 heavy (non-hydrogen) atoms. The first-order valence-electron chi connectivity index (χ1n) is 7.14. The zero-order valence-electron chi connectivity index (χ0n) is 12.0. The predicted molar refractivity (Wildman–Crippen MR) is 73.6 cm³/mol. The molecule has 0 radical (unpaired) electrons. The maximum atomic E-state index is 13.7. The first-order valence-corrected chi connectivity index (χ1v) is 7.14. The fourth-order valence-electron chi connectivity index (χ4n) is 2.67. The normalized spacial score (nSPS) is 18.7. The van der Waals surface area contributed by atoms with E-state index in [-0.39, 0.29) is 18.3 Å².